The van der Waals surface area contributed by atoms with Gasteiger partial charge in [-0.1, -0.05) is 0 Å². The molecule has 1 unspecified atom stereocenters. The second kappa shape index (κ2) is 5.92. The highest BCUT2D eigenvalue weighted by molar-refractivity contribution is 9.10. The van der Waals surface area contributed by atoms with Crippen LogP contribution in [0.2, 0.25) is 0 Å². The second-order valence-corrected chi connectivity index (χ2v) is 5.80. The first-order valence-corrected chi connectivity index (χ1v) is 7.41. The normalized spacial score (nSPS) is 12.9. The molecule has 5 nitrogen and oxygen atoms in total. The van der Waals surface area contributed by atoms with Crippen LogP contribution >= 0.6 is 27.3 Å². The van der Waals surface area contributed by atoms with Crippen molar-refractivity contribution in [2.45, 2.75) is 32.9 Å². The number of nitrogens with zero attached hydrogens (tertiary/aromatic N) is 3. The molecule has 7 heteroatoms. The fourth-order valence-corrected chi connectivity index (χ4v) is 3.27. The van der Waals surface area contributed by atoms with Crippen LogP contribution in [-0.4, -0.2) is 14.8 Å². The van der Waals surface area contributed by atoms with E-state index in [1.165, 1.54) is 0 Å². The fraction of sp³-hybridized carbons (Fsp3) is 0.455. The molecule has 0 aliphatic rings. The number of nitrogens with two attached hydrogens (primary N) is 1. The molecule has 0 spiro atoms. The number of aryl methyl sites for hydroxylation is 2. The summed E-state index contributed by atoms with van der Waals surface area (Å²) >= 11 is 5.18. The molecule has 2 heterocycles. The fourth-order valence-electron chi connectivity index (χ4n) is 1.88. The van der Waals surface area contributed by atoms with Crippen molar-refractivity contribution in [1.29, 1.82) is 0 Å². The van der Waals surface area contributed by atoms with Crippen LogP contribution in [0, 0.1) is 6.92 Å². The summed E-state index contributed by atoms with van der Waals surface area (Å²) in [6.45, 7) is 4.87. The zero-order valence-electron chi connectivity index (χ0n) is 10.4. The number of nitrogens with one attached hydrogen (secondary N) is 1. The molecule has 0 aliphatic heterocycles. The number of hydrogen-bond acceptors (Lipinski definition) is 5. The van der Waals surface area contributed by atoms with Gasteiger partial charge in [-0.3, -0.25) is 16.0 Å². The van der Waals surface area contributed by atoms with Gasteiger partial charge in [-0.25, -0.2) is 4.98 Å². The Morgan fingerprint density at radius 3 is 2.94 bits per heavy atom. The molecule has 0 aromatic carbocycles. The van der Waals surface area contributed by atoms with E-state index in [0.29, 0.717) is 0 Å². The van der Waals surface area contributed by atoms with Gasteiger partial charge >= 0.3 is 0 Å². The van der Waals surface area contributed by atoms with Gasteiger partial charge < -0.3 is 0 Å². The van der Waals surface area contributed by atoms with Crippen molar-refractivity contribution in [3.63, 3.8) is 0 Å². The van der Waals surface area contributed by atoms with Crippen molar-refractivity contribution in [3.8, 4) is 0 Å². The van der Waals surface area contributed by atoms with E-state index in [-0.39, 0.29) is 6.04 Å². The minimum absolute atomic E-state index is 0.00683. The van der Waals surface area contributed by atoms with Crippen LogP contribution in [0.3, 0.4) is 0 Å². The molecular weight excluding hydrogens is 314 g/mol. The van der Waals surface area contributed by atoms with Gasteiger partial charge in [-0.15, -0.1) is 11.3 Å². The molecule has 0 bridgehead atoms. The molecule has 18 heavy (non-hydrogen) atoms. The van der Waals surface area contributed by atoms with Gasteiger partial charge in [0.15, 0.2) is 0 Å². The molecule has 0 saturated heterocycles. The Hall–Kier alpha value is -0.760. The van der Waals surface area contributed by atoms with Crippen LogP contribution in [0.1, 0.15) is 29.4 Å². The number of aromatic nitrogens is 3. The summed E-state index contributed by atoms with van der Waals surface area (Å²) in [6.07, 6.45) is 2.57. The number of thiazole rings is 1. The van der Waals surface area contributed by atoms with E-state index in [0.717, 1.165) is 33.8 Å². The minimum atomic E-state index is 0.00683. The minimum Gasteiger partial charge on any atom is -0.271 e. The molecule has 0 saturated carbocycles. The highest BCUT2D eigenvalue weighted by atomic mass is 79.9. The first-order chi connectivity index (χ1) is 8.65. The van der Waals surface area contributed by atoms with Gasteiger partial charge in [-0.05, 0) is 29.8 Å². The summed E-state index contributed by atoms with van der Waals surface area (Å²) in [4.78, 5) is 4.47. The Labute approximate surface area is 119 Å². The number of rotatable bonds is 5. The average molecular weight is 330 g/mol. The van der Waals surface area contributed by atoms with Crippen LogP contribution < -0.4 is 11.3 Å². The van der Waals surface area contributed by atoms with Gasteiger partial charge in [0.05, 0.1) is 27.4 Å². The average Bonchev–Trinajstić information content (AvgIpc) is 2.92. The van der Waals surface area contributed by atoms with Crippen molar-refractivity contribution in [1.82, 2.24) is 20.2 Å². The Balaban J connectivity index is 2.25. The maximum atomic E-state index is 5.68. The van der Waals surface area contributed by atoms with Gasteiger partial charge in [0.1, 0.15) is 0 Å². The molecule has 1 atom stereocenters. The van der Waals surface area contributed by atoms with E-state index in [1.54, 1.807) is 17.5 Å². The quantitative estimate of drug-likeness (QED) is 0.651. The molecular formula is C11H16BrN5S. The Bertz CT molecular complexity index is 521. The molecule has 0 fully saturated rings. The first-order valence-electron chi connectivity index (χ1n) is 5.74. The molecule has 0 amide bonds. The first kappa shape index (κ1) is 13.7. The SMILES string of the molecule is CCn1ncc(Br)c1C(Cc1nc(C)cs1)NN. The predicted molar refractivity (Wildman–Crippen MR) is 76.2 cm³/mol. The van der Waals surface area contributed by atoms with Crippen LogP contribution in [0.4, 0.5) is 0 Å². The second-order valence-electron chi connectivity index (χ2n) is 4.00. The van der Waals surface area contributed by atoms with E-state index in [4.69, 9.17) is 5.84 Å². The lowest BCUT2D eigenvalue weighted by Crippen LogP contribution is -2.31. The summed E-state index contributed by atoms with van der Waals surface area (Å²) in [5.74, 6) is 5.68. The molecule has 2 aromatic rings. The van der Waals surface area contributed by atoms with Crippen molar-refractivity contribution < 1.29 is 0 Å². The third-order valence-corrected chi connectivity index (χ3v) is 4.31. The summed E-state index contributed by atoms with van der Waals surface area (Å²) in [6, 6.07) is 0.00683. The standard InChI is InChI=1S/C11H16BrN5S/c1-3-17-11(8(12)5-14-17)9(16-13)4-10-15-7(2)6-18-10/h5-6,9,16H,3-4,13H2,1-2H3. The largest absolute Gasteiger partial charge is 0.271 e. The topological polar surface area (TPSA) is 68.8 Å². The van der Waals surface area contributed by atoms with Crippen LogP contribution in [0.15, 0.2) is 16.0 Å². The Kier molecular flexibility index (Phi) is 4.50. The van der Waals surface area contributed by atoms with E-state index in [9.17, 15) is 0 Å². The zero-order valence-corrected chi connectivity index (χ0v) is 12.8. The third kappa shape index (κ3) is 2.80. The maximum absolute atomic E-state index is 5.68. The number of hydrazine groups is 1. The summed E-state index contributed by atoms with van der Waals surface area (Å²) in [5, 5.41) is 7.43. The van der Waals surface area contributed by atoms with Gasteiger partial charge in [0.2, 0.25) is 0 Å². The maximum Gasteiger partial charge on any atom is 0.0948 e. The molecule has 2 aromatic heterocycles. The van der Waals surface area contributed by atoms with E-state index < -0.39 is 0 Å². The van der Waals surface area contributed by atoms with Crippen molar-refractivity contribution in [3.05, 3.63) is 32.4 Å². The number of halogens is 1. The Morgan fingerprint density at radius 1 is 1.61 bits per heavy atom. The smallest absolute Gasteiger partial charge is 0.0948 e. The van der Waals surface area contributed by atoms with Gasteiger partial charge in [0.25, 0.3) is 0 Å². The zero-order chi connectivity index (χ0) is 13.1. The van der Waals surface area contributed by atoms with Crippen LogP contribution in [0.25, 0.3) is 0 Å². The van der Waals surface area contributed by atoms with Crippen molar-refractivity contribution in [2.75, 3.05) is 0 Å². The number of hydrogen-bond donors (Lipinski definition) is 2. The molecule has 0 radical (unpaired) electrons. The third-order valence-electron chi connectivity index (χ3n) is 2.71. The molecule has 98 valence electrons. The lowest BCUT2D eigenvalue weighted by atomic mass is 10.1. The summed E-state index contributed by atoms with van der Waals surface area (Å²) < 4.78 is 2.91. The lowest BCUT2D eigenvalue weighted by molar-refractivity contribution is 0.488. The highest BCUT2D eigenvalue weighted by Gasteiger charge is 2.20. The van der Waals surface area contributed by atoms with E-state index >= 15 is 0 Å². The van der Waals surface area contributed by atoms with Crippen molar-refractivity contribution >= 4 is 27.3 Å². The van der Waals surface area contributed by atoms with Crippen LogP contribution in [0.5, 0.6) is 0 Å². The van der Waals surface area contributed by atoms with Gasteiger partial charge in [0, 0.05) is 24.0 Å². The van der Waals surface area contributed by atoms with Gasteiger partial charge in [-0.2, -0.15) is 5.10 Å². The lowest BCUT2D eigenvalue weighted by Gasteiger charge is -2.16. The highest BCUT2D eigenvalue weighted by Crippen LogP contribution is 2.26. The van der Waals surface area contributed by atoms with E-state index in [1.807, 2.05) is 11.6 Å². The van der Waals surface area contributed by atoms with Crippen LogP contribution in [-0.2, 0) is 13.0 Å². The molecule has 2 rings (SSSR count). The molecule has 3 N–H and O–H groups in total. The Morgan fingerprint density at radius 2 is 2.39 bits per heavy atom. The van der Waals surface area contributed by atoms with E-state index in [2.05, 4.69) is 43.7 Å². The summed E-state index contributed by atoms with van der Waals surface area (Å²) in [5.41, 5.74) is 4.97. The predicted octanol–water partition coefficient (Wildman–Crippen LogP) is 2.18. The monoisotopic (exact) mass is 329 g/mol. The summed E-state index contributed by atoms with van der Waals surface area (Å²) in [7, 11) is 0. The molecule has 0 aliphatic carbocycles. The van der Waals surface area contributed by atoms with Crippen molar-refractivity contribution in [2.24, 2.45) is 5.84 Å².